The zero-order valence-electron chi connectivity index (χ0n) is 9.93. The van der Waals surface area contributed by atoms with Gasteiger partial charge in [0, 0.05) is 19.1 Å². The molecule has 1 aromatic carbocycles. The molecular weight excluding hydrogens is 241 g/mol. The summed E-state index contributed by atoms with van der Waals surface area (Å²) in [6.45, 7) is 1.59. The van der Waals surface area contributed by atoms with Gasteiger partial charge in [-0.15, -0.1) is 0 Å². The molecule has 1 N–H and O–H groups in total. The van der Waals surface area contributed by atoms with Gasteiger partial charge < -0.3 is 10.2 Å². The summed E-state index contributed by atoms with van der Waals surface area (Å²) >= 11 is 0. The predicted molar refractivity (Wildman–Crippen MR) is 64.9 cm³/mol. The third kappa shape index (κ3) is 1.91. The lowest BCUT2D eigenvalue weighted by molar-refractivity contribution is -0.137. The number of hydrogen-bond donors (Lipinski definition) is 1. The van der Waals surface area contributed by atoms with Crippen LogP contribution in [0.15, 0.2) is 18.2 Å². The van der Waals surface area contributed by atoms with E-state index in [0.29, 0.717) is 18.3 Å². The molecule has 0 unspecified atom stereocenters. The maximum absolute atomic E-state index is 12.6. The first-order valence-electron chi connectivity index (χ1n) is 6.27. The number of nitrogens with zero attached hydrogens (tertiary/aromatic N) is 1. The largest absolute Gasteiger partial charge is 0.416 e. The second-order valence-corrected chi connectivity index (χ2v) is 4.93. The van der Waals surface area contributed by atoms with Crippen LogP contribution in [-0.4, -0.2) is 19.1 Å². The van der Waals surface area contributed by atoms with Gasteiger partial charge in [0.15, 0.2) is 0 Å². The summed E-state index contributed by atoms with van der Waals surface area (Å²) < 4.78 is 37.9. The van der Waals surface area contributed by atoms with Gasteiger partial charge in [-0.1, -0.05) is 0 Å². The van der Waals surface area contributed by atoms with Crippen molar-refractivity contribution >= 4 is 11.4 Å². The summed E-state index contributed by atoms with van der Waals surface area (Å²) in [6, 6.07) is 4.52. The number of alkyl halides is 3. The lowest BCUT2D eigenvalue weighted by Gasteiger charge is -2.42. The summed E-state index contributed by atoms with van der Waals surface area (Å²) in [5.74, 6) is 0. The minimum absolute atomic E-state index is 0.516. The van der Waals surface area contributed by atoms with Crippen LogP contribution >= 0.6 is 0 Å². The second kappa shape index (κ2) is 4.07. The van der Waals surface area contributed by atoms with Gasteiger partial charge in [-0.05, 0) is 37.5 Å². The molecule has 0 bridgehead atoms. The highest BCUT2D eigenvalue weighted by Gasteiger charge is 2.33. The molecule has 1 aliphatic heterocycles. The Balaban J connectivity index is 1.94. The molecule has 0 radical (unpaired) electrons. The molecule has 0 aromatic heterocycles. The Hall–Kier alpha value is -1.39. The number of benzene rings is 1. The number of hydrogen-bond acceptors (Lipinski definition) is 2. The maximum Gasteiger partial charge on any atom is 0.416 e. The van der Waals surface area contributed by atoms with Crippen molar-refractivity contribution in [3.8, 4) is 0 Å². The van der Waals surface area contributed by atoms with E-state index < -0.39 is 11.7 Å². The first-order chi connectivity index (χ1) is 8.55. The Bertz CT molecular complexity index is 452. The summed E-state index contributed by atoms with van der Waals surface area (Å²) in [4.78, 5) is 2.25. The molecule has 0 saturated heterocycles. The van der Waals surface area contributed by atoms with Crippen molar-refractivity contribution in [2.45, 2.75) is 31.5 Å². The maximum atomic E-state index is 12.6. The fourth-order valence-corrected chi connectivity index (χ4v) is 2.61. The van der Waals surface area contributed by atoms with Crippen LogP contribution in [0.3, 0.4) is 0 Å². The quantitative estimate of drug-likeness (QED) is 0.827. The highest BCUT2D eigenvalue weighted by Crippen LogP contribution is 2.39. The van der Waals surface area contributed by atoms with E-state index >= 15 is 0 Å². The van der Waals surface area contributed by atoms with Crippen LogP contribution in [0.4, 0.5) is 24.5 Å². The highest BCUT2D eigenvalue weighted by atomic mass is 19.4. The third-order valence-corrected chi connectivity index (χ3v) is 3.82. The molecule has 2 nitrogen and oxygen atoms in total. The minimum atomic E-state index is -4.27. The molecule has 1 aliphatic carbocycles. The van der Waals surface area contributed by atoms with Gasteiger partial charge in [0.1, 0.15) is 0 Å². The zero-order chi connectivity index (χ0) is 12.8. The molecular formula is C13H15F3N2. The van der Waals surface area contributed by atoms with Crippen LogP contribution in [0.25, 0.3) is 0 Å². The van der Waals surface area contributed by atoms with Crippen molar-refractivity contribution in [1.82, 2.24) is 0 Å². The van der Waals surface area contributed by atoms with Gasteiger partial charge in [-0.2, -0.15) is 13.2 Å². The van der Waals surface area contributed by atoms with Crippen LogP contribution in [0, 0.1) is 0 Å². The lowest BCUT2D eigenvalue weighted by atomic mass is 9.90. The second-order valence-electron chi connectivity index (χ2n) is 4.93. The van der Waals surface area contributed by atoms with E-state index in [1.807, 2.05) is 0 Å². The van der Waals surface area contributed by atoms with Crippen molar-refractivity contribution in [3.63, 3.8) is 0 Å². The number of halogens is 3. The first kappa shape index (κ1) is 11.7. The summed E-state index contributed by atoms with van der Waals surface area (Å²) in [5.41, 5.74) is 0.950. The van der Waals surface area contributed by atoms with E-state index in [4.69, 9.17) is 0 Å². The molecule has 0 amide bonds. The Labute approximate surface area is 104 Å². The average molecular weight is 256 g/mol. The van der Waals surface area contributed by atoms with E-state index in [0.717, 1.165) is 25.1 Å². The summed E-state index contributed by atoms with van der Waals surface area (Å²) in [7, 11) is 0. The standard InChI is InChI=1S/C13H15F3N2/c14-13(15,16)9-4-5-12-11(8-9)17-6-7-18(12)10-2-1-3-10/h4-5,8,10,17H,1-3,6-7H2. The predicted octanol–water partition coefficient (Wildman–Crippen LogP) is 3.49. The van der Waals surface area contributed by atoms with Gasteiger partial charge in [0.2, 0.25) is 0 Å². The molecule has 0 atom stereocenters. The molecule has 5 heteroatoms. The first-order valence-corrected chi connectivity index (χ1v) is 6.27. The van der Waals surface area contributed by atoms with Crippen LogP contribution in [0.2, 0.25) is 0 Å². The van der Waals surface area contributed by atoms with E-state index in [9.17, 15) is 13.2 Å². The van der Waals surface area contributed by atoms with Crippen LogP contribution in [-0.2, 0) is 6.18 Å². The Morgan fingerprint density at radius 1 is 1.22 bits per heavy atom. The van der Waals surface area contributed by atoms with Crippen molar-refractivity contribution < 1.29 is 13.2 Å². The Morgan fingerprint density at radius 3 is 2.61 bits per heavy atom. The van der Waals surface area contributed by atoms with Crippen molar-refractivity contribution in [2.75, 3.05) is 23.3 Å². The molecule has 1 fully saturated rings. The van der Waals surface area contributed by atoms with Gasteiger partial charge in [-0.25, -0.2) is 0 Å². The topological polar surface area (TPSA) is 15.3 Å². The normalized spacial score (nSPS) is 20.1. The molecule has 18 heavy (non-hydrogen) atoms. The number of rotatable bonds is 1. The molecule has 98 valence electrons. The van der Waals surface area contributed by atoms with E-state index in [1.54, 1.807) is 6.07 Å². The van der Waals surface area contributed by atoms with Gasteiger partial charge in [-0.3, -0.25) is 0 Å². The average Bonchev–Trinajstić information content (AvgIpc) is 2.25. The third-order valence-electron chi connectivity index (χ3n) is 3.82. The smallest absolute Gasteiger partial charge is 0.382 e. The lowest BCUT2D eigenvalue weighted by Crippen LogP contribution is -2.45. The molecule has 1 heterocycles. The zero-order valence-corrected chi connectivity index (χ0v) is 9.93. The van der Waals surface area contributed by atoms with Gasteiger partial charge in [0.05, 0.1) is 16.9 Å². The van der Waals surface area contributed by atoms with Gasteiger partial charge >= 0.3 is 6.18 Å². The molecule has 1 saturated carbocycles. The van der Waals surface area contributed by atoms with Crippen LogP contribution < -0.4 is 10.2 Å². The monoisotopic (exact) mass is 256 g/mol. The Morgan fingerprint density at radius 2 is 2.00 bits per heavy atom. The SMILES string of the molecule is FC(F)(F)c1ccc2c(c1)NCCN2C1CCC1. The van der Waals surface area contributed by atoms with Crippen LogP contribution in [0.5, 0.6) is 0 Å². The fourth-order valence-electron chi connectivity index (χ4n) is 2.61. The van der Waals surface area contributed by atoms with Crippen LogP contribution in [0.1, 0.15) is 24.8 Å². The summed E-state index contributed by atoms with van der Waals surface area (Å²) in [6.07, 6.45) is -0.735. The minimum Gasteiger partial charge on any atom is -0.382 e. The molecule has 1 aromatic rings. The van der Waals surface area contributed by atoms with Crippen molar-refractivity contribution in [1.29, 1.82) is 0 Å². The van der Waals surface area contributed by atoms with Gasteiger partial charge in [0.25, 0.3) is 0 Å². The fraction of sp³-hybridized carbons (Fsp3) is 0.538. The highest BCUT2D eigenvalue weighted by molar-refractivity contribution is 5.73. The number of fused-ring (bicyclic) bond motifs is 1. The van der Waals surface area contributed by atoms with E-state index in [2.05, 4.69) is 10.2 Å². The molecule has 2 aliphatic rings. The Kier molecular flexibility index (Phi) is 2.64. The van der Waals surface area contributed by atoms with E-state index in [-0.39, 0.29) is 0 Å². The molecule has 0 spiro atoms. The van der Waals surface area contributed by atoms with Crippen molar-refractivity contribution in [3.05, 3.63) is 23.8 Å². The molecule has 3 rings (SSSR count). The van der Waals surface area contributed by atoms with E-state index in [1.165, 1.54) is 18.6 Å². The number of nitrogens with one attached hydrogen (secondary N) is 1. The number of anilines is 2. The van der Waals surface area contributed by atoms with Crippen molar-refractivity contribution in [2.24, 2.45) is 0 Å². The summed E-state index contributed by atoms with van der Waals surface area (Å²) in [5, 5.41) is 3.07.